The number of morpholine rings is 1. The molecule has 1 aromatic heterocycles. The van der Waals surface area contributed by atoms with Crippen molar-refractivity contribution in [1.82, 2.24) is 14.4 Å². The van der Waals surface area contributed by atoms with Gasteiger partial charge in [0.25, 0.3) is 0 Å². The lowest BCUT2D eigenvalue weighted by atomic mass is 10.2. The fourth-order valence-electron chi connectivity index (χ4n) is 2.56. The van der Waals surface area contributed by atoms with Gasteiger partial charge in [-0.15, -0.1) is 0 Å². The van der Waals surface area contributed by atoms with E-state index in [4.69, 9.17) is 4.74 Å². The average Bonchev–Trinajstić information content (AvgIpc) is 2.45. The zero-order chi connectivity index (χ0) is 15.4. The Morgan fingerprint density at radius 1 is 1.33 bits per heavy atom. The summed E-state index contributed by atoms with van der Waals surface area (Å²) in [7, 11) is 4.03. The van der Waals surface area contributed by atoms with Crippen molar-refractivity contribution in [2.24, 2.45) is 0 Å². The molecule has 1 N–H and O–H groups in total. The van der Waals surface area contributed by atoms with Crippen LogP contribution in [0, 0.1) is 6.92 Å². The van der Waals surface area contributed by atoms with E-state index < -0.39 is 0 Å². The zero-order valence-corrected chi connectivity index (χ0v) is 13.1. The molecule has 1 fully saturated rings. The first-order chi connectivity index (χ1) is 9.99. The molecule has 0 bridgehead atoms. The van der Waals surface area contributed by atoms with Gasteiger partial charge in [0.15, 0.2) is 5.75 Å². The lowest BCUT2D eigenvalue weighted by Crippen LogP contribution is -2.37. The summed E-state index contributed by atoms with van der Waals surface area (Å²) in [6, 6.07) is 1.51. The molecule has 2 heterocycles. The van der Waals surface area contributed by atoms with E-state index in [1.54, 1.807) is 0 Å². The van der Waals surface area contributed by atoms with Gasteiger partial charge in [0, 0.05) is 44.5 Å². The minimum absolute atomic E-state index is 0.120. The van der Waals surface area contributed by atoms with Crippen LogP contribution in [0.5, 0.6) is 5.75 Å². The predicted molar refractivity (Wildman–Crippen MR) is 81.8 cm³/mol. The molecule has 1 aliphatic rings. The molecule has 6 heteroatoms. The maximum absolute atomic E-state index is 11.9. The van der Waals surface area contributed by atoms with Gasteiger partial charge in [-0.2, -0.15) is 0 Å². The molecular formula is C15H25N3O3. The number of likely N-dealkylation sites (N-methyl/N-ethyl adjacent to an activating group) is 1. The van der Waals surface area contributed by atoms with Crippen LogP contribution in [0.2, 0.25) is 0 Å². The molecule has 118 valence electrons. The van der Waals surface area contributed by atoms with Crippen LogP contribution in [-0.2, 0) is 17.8 Å². The van der Waals surface area contributed by atoms with Crippen LogP contribution in [0.25, 0.3) is 0 Å². The Bertz CT molecular complexity index is 534. The summed E-state index contributed by atoms with van der Waals surface area (Å²) in [4.78, 5) is 16.2. The van der Waals surface area contributed by atoms with Gasteiger partial charge in [-0.3, -0.25) is 9.69 Å². The number of aryl methyl sites for hydroxylation is 1. The first-order valence-corrected chi connectivity index (χ1v) is 7.36. The molecule has 0 saturated carbocycles. The number of aromatic nitrogens is 1. The van der Waals surface area contributed by atoms with Crippen molar-refractivity contribution >= 4 is 0 Å². The van der Waals surface area contributed by atoms with Gasteiger partial charge in [0.1, 0.15) is 0 Å². The second-order valence-corrected chi connectivity index (χ2v) is 5.79. The smallest absolute Gasteiger partial charge is 0.223 e. The van der Waals surface area contributed by atoms with Gasteiger partial charge in [-0.05, 0) is 21.0 Å². The normalized spacial score (nSPS) is 16.6. The third kappa shape index (κ3) is 4.06. The topological polar surface area (TPSA) is 57.9 Å². The highest BCUT2D eigenvalue weighted by Crippen LogP contribution is 2.17. The molecule has 2 rings (SSSR count). The maximum atomic E-state index is 11.9. The van der Waals surface area contributed by atoms with Crippen molar-refractivity contribution in [1.29, 1.82) is 0 Å². The molecule has 0 radical (unpaired) electrons. The Hall–Kier alpha value is -1.37. The number of rotatable bonds is 5. The largest absolute Gasteiger partial charge is 0.503 e. The lowest BCUT2D eigenvalue weighted by Gasteiger charge is -2.29. The van der Waals surface area contributed by atoms with E-state index >= 15 is 0 Å². The Morgan fingerprint density at radius 2 is 2.00 bits per heavy atom. The van der Waals surface area contributed by atoms with Gasteiger partial charge in [-0.25, -0.2) is 0 Å². The Balaban J connectivity index is 2.28. The summed E-state index contributed by atoms with van der Waals surface area (Å²) in [6.45, 7) is 7.18. The standard InChI is InChI=1S/C15H25N3O3/c1-12-10-14(19)15(20)13(18(12)5-4-16(2)3)11-17-6-8-21-9-7-17/h10,20H,4-9,11H2,1-3H3. The first-order valence-electron chi connectivity index (χ1n) is 7.36. The van der Waals surface area contributed by atoms with Crippen LogP contribution in [0.15, 0.2) is 10.9 Å². The third-order valence-electron chi connectivity index (χ3n) is 3.85. The molecule has 0 aromatic carbocycles. The number of aromatic hydroxyl groups is 1. The van der Waals surface area contributed by atoms with E-state index in [9.17, 15) is 9.90 Å². The average molecular weight is 295 g/mol. The summed E-state index contributed by atoms with van der Waals surface area (Å²) in [5.41, 5.74) is 1.31. The third-order valence-corrected chi connectivity index (χ3v) is 3.85. The molecule has 21 heavy (non-hydrogen) atoms. The van der Waals surface area contributed by atoms with Crippen molar-refractivity contribution in [3.05, 3.63) is 27.7 Å². The first kappa shape index (κ1) is 16.0. The van der Waals surface area contributed by atoms with Crippen LogP contribution < -0.4 is 5.43 Å². The van der Waals surface area contributed by atoms with Gasteiger partial charge in [-0.1, -0.05) is 0 Å². The number of ether oxygens (including phenoxy) is 1. The highest BCUT2D eigenvalue weighted by atomic mass is 16.5. The molecule has 0 amide bonds. The number of nitrogens with zero attached hydrogens (tertiary/aromatic N) is 3. The molecular weight excluding hydrogens is 270 g/mol. The van der Waals surface area contributed by atoms with Gasteiger partial charge >= 0.3 is 0 Å². The summed E-state index contributed by atoms with van der Waals surface area (Å²) < 4.78 is 7.39. The summed E-state index contributed by atoms with van der Waals surface area (Å²) in [6.07, 6.45) is 0. The van der Waals surface area contributed by atoms with E-state index in [0.717, 1.165) is 31.9 Å². The fraction of sp³-hybridized carbons (Fsp3) is 0.667. The van der Waals surface area contributed by atoms with E-state index in [1.807, 2.05) is 25.6 Å². The molecule has 1 saturated heterocycles. The van der Waals surface area contributed by atoms with Crippen LogP contribution in [-0.4, -0.2) is 66.4 Å². The number of pyridine rings is 1. The Morgan fingerprint density at radius 3 is 2.62 bits per heavy atom. The number of hydrogen-bond donors (Lipinski definition) is 1. The van der Waals surface area contributed by atoms with Crippen molar-refractivity contribution in [3.8, 4) is 5.75 Å². The van der Waals surface area contributed by atoms with Crippen LogP contribution in [0.3, 0.4) is 0 Å². The van der Waals surface area contributed by atoms with Crippen molar-refractivity contribution < 1.29 is 9.84 Å². The van der Waals surface area contributed by atoms with Crippen LogP contribution in [0.4, 0.5) is 0 Å². The minimum Gasteiger partial charge on any atom is -0.503 e. The monoisotopic (exact) mass is 295 g/mol. The second-order valence-electron chi connectivity index (χ2n) is 5.79. The SMILES string of the molecule is Cc1cc(=O)c(O)c(CN2CCOCC2)n1CCN(C)C. The molecule has 0 spiro atoms. The van der Waals surface area contributed by atoms with Gasteiger partial charge in [0.2, 0.25) is 5.43 Å². The molecule has 1 aliphatic heterocycles. The quantitative estimate of drug-likeness (QED) is 0.844. The Kier molecular flexibility index (Phi) is 5.39. The molecule has 0 atom stereocenters. The van der Waals surface area contributed by atoms with Crippen LogP contribution in [0.1, 0.15) is 11.4 Å². The lowest BCUT2D eigenvalue weighted by molar-refractivity contribution is 0.0326. The fourth-order valence-corrected chi connectivity index (χ4v) is 2.56. The minimum atomic E-state index is -0.295. The maximum Gasteiger partial charge on any atom is 0.223 e. The van der Waals surface area contributed by atoms with Crippen LogP contribution >= 0.6 is 0 Å². The van der Waals surface area contributed by atoms with Crippen molar-refractivity contribution in [2.45, 2.75) is 20.0 Å². The number of hydrogen-bond acceptors (Lipinski definition) is 5. The van der Waals surface area contributed by atoms with Gasteiger partial charge in [0.05, 0.1) is 18.9 Å². The van der Waals surface area contributed by atoms with Gasteiger partial charge < -0.3 is 19.3 Å². The van der Waals surface area contributed by atoms with E-state index in [0.29, 0.717) is 25.5 Å². The highest BCUT2D eigenvalue weighted by Gasteiger charge is 2.18. The second kappa shape index (κ2) is 7.06. The summed E-state index contributed by atoms with van der Waals surface area (Å²) >= 11 is 0. The summed E-state index contributed by atoms with van der Waals surface area (Å²) in [5, 5.41) is 10.2. The Labute approximate surface area is 125 Å². The van der Waals surface area contributed by atoms with Crippen molar-refractivity contribution in [2.75, 3.05) is 46.9 Å². The highest BCUT2D eigenvalue weighted by molar-refractivity contribution is 5.29. The summed E-state index contributed by atoms with van der Waals surface area (Å²) in [5.74, 6) is -0.120. The molecule has 6 nitrogen and oxygen atoms in total. The molecule has 0 aliphatic carbocycles. The van der Waals surface area contributed by atoms with E-state index in [2.05, 4.69) is 9.80 Å². The molecule has 1 aromatic rings. The van der Waals surface area contributed by atoms with E-state index in [-0.39, 0.29) is 11.2 Å². The van der Waals surface area contributed by atoms with E-state index in [1.165, 1.54) is 6.07 Å². The predicted octanol–water partition coefficient (Wildman–Crippen LogP) is 0.256. The van der Waals surface area contributed by atoms with Crippen molar-refractivity contribution in [3.63, 3.8) is 0 Å². The zero-order valence-electron chi connectivity index (χ0n) is 13.1. The molecule has 0 unspecified atom stereocenters.